The van der Waals surface area contributed by atoms with Gasteiger partial charge in [0.2, 0.25) is 0 Å². The Labute approximate surface area is 127 Å². The summed E-state index contributed by atoms with van der Waals surface area (Å²) in [5.41, 5.74) is 0. The molecular weight excluding hydrogens is 242 g/mol. The molecular formula is C19H37N. The van der Waals surface area contributed by atoms with Gasteiger partial charge in [0.25, 0.3) is 0 Å². The quantitative estimate of drug-likeness (QED) is 0.629. The van der Waals surface area contributed by atoms with Gasteiger partial charge in [0.1, 0.15) is 0 Å². The third kappa shape index (κ3) is 5.39. The van der Waals surface area contributed by atoms with Crippen molar-refractivity contribution in [1.29, 1.82) is 0 Å². The van der Waals surface area contributed by atoms with Gasteiger partial charge in [-0.05, 0) is 50.0 Å². The summed E-state index contributed by atoms with van der Waals surface area (Å²) in [6, 6.07) is 0.825. The van der Waals surface area contributed by atoms with Gasteiger partial charge in [-0.25, -0.2) is 0 Å². The fraction of sp³-hybridized carbons (Fsp3) is 1.00. The van der Waals surface area contributed by atoms with Crippen molar-refractivity contribution in [3.05, 3.63) is 0 Å². The summed E-state index contributed by atoms with van der Waals surface area (Å²) >= 11 is 0. The normalized spacial score (nSPS) is 30.9. The van der Waals surface area contributed by atoms with E-state index in [0.29, 0.717) is 0 Å². The second-order valence-electron chi connectivity index (χ2n) is 7.67. The lowest BCUT2D eigenvalue weighted by Gasteiger charge is -2.35. The Bertz CT molecular complexity index is 234. The maximum absolute atomic E-state index is 3.92. The summed E-state index contributed by atoms with van der Waals surface area (Å²) in [6.45, 7) is 5.97. The van der Waals surface area contributed by atoms with E-state index >= 15 is 0 Å². The largest absolute Gasteiger partial charge is 0.314 e. The summed E-state index contributed by atoms with van der Waals surface area (Å²) in [6.07, 6.45) is 17.6. The Balaban J connectivity index is 1.84. The Hall–Kier alpha value is -0.0400. The first-order valence-electron chi connectivity index (χ1n) is 9.53. The van der Waals surface area contributed by atoms with Crippen LogP contribution in [0.3, 0.4) is 0 Å². The minimum Gasteiger partial charge on any atom is -0.314 e. The fourth-order valence-corrected chi connectivity index (χ4v) is 4.42. The maximum Gasteiger partial charge on any atom is 0.00979 e. The molecule has 2 aliphatic rings. The van der Waals surface area contributed by atoms with E-state index in [2.05, 4.69) is 19.2 Å². The van der Waals surface area contributed by atoms with E-state index in [1.165, 1.54) is 83.6 Å². The van der Waals surface area contributed by atoms with Gasteiger partial charge >= 0.3 is 0 Å². The second-order valence-corrected chi connectivity index (χ2v) is 7.67. The minimum absolute atomic E-state index is 0.825. The molecule has 2 fully saturated rings. The summed E-state index contributed by atoms with van der Waals surface area (Å²) in [7, 11) is 0. The average Bonchev–Trinajstić information content (AvgIpc) is 2.73. The van der Waals surface area contributed by atoms with E-state index in [4.69, 9.17) is 0 Å². The van der Waals surface area contributed by atoms with Crippen LogP contribution in [0, 0.1) is 17.8 Å². The number of hydrogen-bond donors (Lipinski definition) is 1. The molecule has 0 amide bonds. The Kier molecular flexibility index (Phi) is 7.41. The molecule has 1 atom stereocenters. The molecule has 20 heavy (non-hydrogen) atoms. The SMILES string of the molecule is CCCNC(CC1CCCCCC1)C1CCC(C)CC1. The van der Waals surface area contributed by atoms with Gasteiger partial charge < -0.3 is 5.32 Å². The van der Waals surface area contributed by atoms with E-state index in [1.54, 1.807) is 0 Å². The summed E-state index contributed by atoms with van der Waals surface area (Å²) < 4.78 is 0. The van der Waals surface area contributed by atoms with Crippen LogP contribution in [-0.4, -0.2) is 12.6 Å². The lowest BCUT2D eigenvalue weighted by atomic mass is 9.76. The van der Waals surface area contributed by atoms with E-state index in [9.17, 15) is 0 Å². The third-order valence-electron chi connectivity index (χ3n) is 5.85. The van der Waals surface area contributed by atoms with E-state index in [1.807, 2.05) is 0 Å². The van der Waals surface area contributed by atoms with E-state index in [-0.39, 0.29) is 0 Å². The van der Waals surface area contributed by atoms with Gasteiger partial charge in [-0.15, -0.1) is 0 Å². The highest BCUT2D eigenvalue weighted by molar-refractivity contribution is 4.83. The van der Waals surface area contributed by atoms with Crippen molar-refractivity contribution < 1.29 is 0 Å². The second kappa shape index (κ2) is 9.07. The molecule has 0 radical (unpaired) electrons. The third-order valence-corrected chi connectivity index (χ3v) is 5.85. The molecule has 2 aliphatic carbocycles. The molecule has 0 spiro atoms. The molecule has 0 bridgehead atoms. The average molecular weight is 280 g/mol. The first-order chi connectivity index (χ1) is 9.79. The molecule has 1 nitrogen and oxygen atoms in total. The standard InChI is InChI=1S/C19H37N/c1-3-14-20-19(18-12-10-16(2)11-13-18)15-17-8-6-4-5-7-9-17/h16-20H,3-15H2,1-2H3. The van der Waals surface area contributed by atoms with Crippen molar-refractivity contribution in [3.63, 3.8) is 0 Å². The van der Waals surface area contributed by atoms with Gasteiger partial charge in [-0.3, -0.25) is 0 Å². The van der Waals surface area contributed by atoms with E-state index < -0.39 is 0 Å². The molecule has 1 N–H and O–H groups in total. The van der Waals surface area contributed by atoms with Gasteiger partial charge in [0, 0.05) is 6.04 Å². The molecule has 2 rings (SSSR count). The number of hydrogen-bond acceptors (Lipinski definition) is 1. The zero-order valence-corrected chi connectivity index (χ0v) is 14.0. The molecule has 118 valence electrons. The smallest absolute Gasteiger partial charge is 0.00979 e. The Morgan fingerprint density at radius 3 is 2.15 bits per heavy atom. The van der Waals surface area contributed by atoms with Crippen LogP contribution < -0.4 is 5.32 Å². The Morgan fingerprint density at radius 2 is 1.55 bits per heavy atom. The van der Waals surface area contributed by atoms with Gasteiger partial charge in [-0.1, -0.05) is 65.2 Å². The van der Waals surface area contributed by atoms with Crippen molar-refractivity contribution in [3.8, 4) is 0 Å². The van der Waals surface area contributed by atoms with E-state index in [0.717, 1.165) is 23.8 Å². The van der Waals surface area contributed by atoms with Crippen molar-refractivity contribution in [2.24, 2.45) is 17.8 Å². The number of rotatable bonds is 6. The molecule has 2 saturated carbocycles. The van der Waals surface area contributed by atoms with Crippen LogP contribution in [0.5, 0.6) is 0 Å². The first kappa shape index (κ1) is 16.3. The van der Waals surface area contributed by atoms with Gasteiger partial charge in [0.05, 0.1) is 0 Å². The monoisotopic (exact) mass is 279 g/mol. The zero-order valence-electron chi connectivity index (χ0n) is 14.0. The lowest BCUT2D eigenvalue weighted by molar-refractivity contribution is 0.200. The first-order valence-corrected chi connectivity index (χ1v) is 9.53. The molecule has 0 aromatic heterocycles. The van der Waals surface area contributed by atoms with Crippen molar-refractivity contribution in [2.45, 2.75) is 96.9 Å². The maximum atomic E-state index is 3.92. The number of nitrogens with one attached hydrogen (secondary N) is 1. The molecule has 0 aromatic carbocycles. The summed E-state index contributed by atoms with van der Waals surface area (Å²) in [4.78, 5) is 0. The highest BCUT2D eigenvalue weighted by Gasteiger charge is 2.28. The fourth-order valence-electron chi connectivity index (χ4n) is 4.42. The molecule has 1 unspecified atom stereocenters. The minimum atomic E-state index is 0.825. The summed E-state index contributed by atoms with van der Waals surface area (Å²) in [5.74, 6) is 2.98. The molecule has 0 saturated heterocycles. The highest BCUT2D eigenvalue weighted by Crippen LogP contribution is 2.35. The highest BCUT2D eigenvalue weighted by atomic mass is 14.9. The molecule has 0 aromatic rings. The van der Waals surface area contributed by atoms with Crippen LogP contribution in [0.1, 0.15) is 90.9 Å². The predicted octanol–water partition coefficient (Wildman–Crippen LogP) is 5.54. The predicted molar refractivity (Wildman–Crippen MR) is 89.0 cm³/mol. The van der Waals surface area contributed by atoms with Crippen LogP contribution in [0.4, 0.5) is 0 Å². The van der Waals surface area contributed by atoms with Gasteiger partial charge in [-0.2, -0.15) is 0 Å². The molecule has 0 heterocycles. The van der Waals surface area contributed by atoms with Crippen LogP contribution in [-0.2, 0) is 0 Å². The summed E-state index contributed by atoms with van der Waals surface area (Å²) in [5, 5.41) is 3.92. The molecule has 0 aliphatic heterocycles. The van der Waals surface area contributed by atoms with Gasteiger partial charge in [0.15, 0.2) is 0 Å². The van der Waals surface area contributed by atoms with Crippen LogP contribution in [0.15, 0.2) is 0 Å². The zero-order chi connectivity index (χ0) is 14.2. The van der Waals surface area contributed by atoms with Crippen LogP contribution in [0.25, 0.3) is 0 Å². The van der Waals surface area contributed by atoms with Crippen LogP contribution in [0.2, 0.25) is 0 Å². The lowest BCUT2D eigenvalue weighted by Crippen LogP contribution is -2.39. The topological polar surface area (TPSA) is 12.0 Å². The van der Waals surface area contributed by atoms with Crippen molar-refractivity contribution in [2.75, 3.05) is 6.54 Å². The van der Waals surface area contributed by atoms with Crippen molar-refractivity contribution in [1.82, 2.24) is 5.32 Å². The van der Waals surface area contributed by atoms with Crippen molar-refractivity contribution >= 4 is 0 Å². The molecule has 1 heteroatoms. The Morgan fingerprint density at radius 1 is 0.900 bits per heavy atom. The van der Waals surface area contributed by atoms with Crippen LogP contribution >= 0.6 is 0 Å².